The van der Waals surface area contributed by atoms with E-state index in [1.54, 1.807) is 0 Å². The average Bonchev–Trinajstić information content (AvgIpc) is 2.82. The fourth-order valence-corrected chi connectivity index (χ4v) is 2.61. The van der Waals surface area contributed by atoms with Crippen LogP contribution in [-0.4, -0.2) is 34.5 Å². The van der Waals surface area contributed by atoms with Crippen LogP contribution in [0.15, 0.2) is 30.3 Å². The molecule has 0 bridgehead atoms. The lowest BCUT2D eigenvalue weighted by atomic mass is 10.2. The summed E-state index contributed by atoms with van der Waals surface area (Å²) in [6.45, 7) is 5.89. The normalized spacial score (nSPS) is 11.2. The van der Waals surface area contributed by atoms with Gasteiger partial charge in [0.15, 0.2) is 6.29 Å². The third-order valence-electron chi connectivity index (χ3n) is 2.98. The minimum atomic E-state index is -0.254. The second-order valence-corrected chi connectivity index (χ2v) is 5.54. The predicted molar refractivity (Wildman–Crippen MR) is 89.0 cm³/mol. The van der Waals surface area contributed by atoms with Gasteiger partial charge in [0.25, 0.3) is 0 Å². The summed E-state index contributed by atoms with van der Waals surface area (Å²) in [4.78, 5) is 0. The molecule has 0 fully saturated rings. The molecular weight excluding hydrogens is 381 g/mol. The number of hydrogen-bond acceptors (Lipinski definition) is 4. The van der Waals surface area contributed by atoms with Crippen LogP contribution in [0.3, 0.4) is 0 Å². The van der Waals surface area contributed by atoms with Gasteiger partial charge >= 0.3 is 0 Å². The van der Waals surface area contributed by atoms with E-state index in [1.807, 2.05) is 36.7 Å². The lowest BCUT2D eigenvalue weighted by molar-refractivity contribution is -0.135. The third-order valence-corrected chi connectivity index (χ3v) is 4.16. The van der Waals surface area contributed by atoms with Crippen LogP contribution in [0.1, 0.15) is 25.1 Å². The zero-order valence-corrected chi connectivity index (χ0v) is 14.5. The lowest BCUT2D eigenvalue weighted by Gasteiger charge is -2.15. The van der Waals surface area contributed by atoms with Crippen LogP contribution in [0.5, 0.6) is 0 Å². The molecule has 0 aliphatic rings. The largest absolute Gasteiger partial charge is 0.353 e. The quantitative estimate of drug-likeness (QED) is 0.504. The van der Waals surface area contributed by atoms with Gasteiger partial charge in [-0.2, -0.15) is 0 Å². The first-order chi connectivity index (χ1) is 10.2. The van der Waals surface area contributed by atoms with Gasteiger partial charge in [-0.15, -0.1) is 5.10 Å². The summed E-state index contributed by atoms with van der Waals surface area (Å²) in [6.07, 6.45) is 0.366. The Kier molecular flexibility index (Phi) is 6.59. The van der Waals surface area contributed by atoms with Crippen LogP contribution in [-0.2, 0) is 22.4 Å². The van der Waals surface area contributed by atoms with Crippen molar-refractivity contribution in [2.45, 2.75) is 33.1 Å². The van der Waals surface area contributed by atoms with E-state index in [4.69, 9.17) is 9.47 Å². The van der Waals surface area contributed by atoms with Crippen molar-refractivity contribution >= 4 is 22.6 Å². The van der Waals surface area contributed by atoms with Crippen molar-refractivity contribution in [1.29, 1.82) is 0 Å². The number of rotatable bonds is 8. The Morgan fingerprint density at radius 2 is 1.81 bits per heavy atom. The zero-order chi connectivity index (χ0) is 15.1. The molecule has 0 unspecified atom stereocenters. The average molecular weight is 401 g/mol. The van der Waals surface area contributed by atoms with Crippen LogP contribution < -0.4 is 0 Å². The van der Waals surface area contributed by atoms with E-state index >= 15 is 0 Å². The molecule has 1 heterocycles. The predicted octanol–water partition coefficient (Wildman–Crippen LogP) is 2.87. The first-order valence-corrected chi connectivity index (χ1v) is 8.17. The Morgan fingerprint density at radius 1 is 1.14 bits per heavy atom. The van der Waals surface area contributed by atoms with Gasteiger partial charge in [0.05, 0.1) is 6.54 Å². The van der Waals surface area contributed by atoms with Gasteiger partial charge in [-0.3, -0.25) is 0 Å². The molecule has 0 aliphatic carbocycles. The summed E-state index contributed by atoms with van der Waals surface area (Å²) < 4.78 is 14.1. The summed E-state index contributed by atoms with van der Waals surface area (Å²) >= 11 is 2.28. The second kappa shape index (κ2) is 8.45. The smallest absolute Gasteiger partial charge is 0.163 e. The van der Waals surface area contributed by atoms with Crippen LogP contribution in [0.25, 0.3) is 0 Å². The third kappa shape index (κ3) is 4.76. The molecule has 0 atom stereocenters. The van der Waals surface area contributed by atoms with Crippen molar-refractivity contribution in [2.24, 2.45) is 0 Å². The molecule has 0 N–H and O–H groups in total. The fourth-order valence-electron chi connectivity index (χ4n) is 2.02. The highest BCUT2D eigenvalue weighted by atomic mass is 127. The van der Waals surface area contributed by atoms with Gasteiger partial charge in [0.2, 0.25) is 0 Å². The molecule has 0 spiro atoms. The molecule has 0 saturated heterocycles. The van der Waals surface area contributed by atoms with E-state index < -0.39 is 0 Å². The summed E-state index contributed by atoms with van der Waals surface area (Å²) in [5.74, 6) is 0. The van der Waals surface area contributed by atoms with Crippen molar-refractivity contribution in [2.75, 3.05) is 13.2 Å². The molecular formula is C15H20IN3O2. The van der Waals surface area contributed by atoms with Crippen molar-refractivity contribution in [3.63, 3.8) is 0 Å². The number of benzene rings is 1. The van der Waals surface area contributed by atoms with Crippen molar-refractivity contribution < 1.29 is 9.47 Å². The molecule has 1 aromatic carbocycles. The highest BCUT2D eigenvalue weighted by molar-refractivity contribution is 14.1. The minimum absolute atomic E-state index is 0.254. The summed E-state index contributed by atoms with van der Waals surface area (Å²) in [5, 5.41) is 8.49. The standard InChI is InChI=1S/C15H20IN3O2/c1-3-20-14(21-4-2)10-13-15(16)19(18-17-13)11-12-8-6-5-7-9-12/h5-9,14H,3-4,10-11H2,1-2H3. The molecule has 5 nitrogen and oxygen atoms in total. The Morgan fingerprint density at radius 3 is 2.43 bits per heavy atom. The Bertz CT molecular complexity index is 539. The van der Waals surface area contributed by atoms with Gasteiger partial charge in [-0.25, -0.2) is 4.68 Å². The zero-order valence-electron chi connectivity index (χ0n) is 12.3. The van der Waals surface area contributed by atoms with Gasteiger partial charge in [-0.05, 0) is 42.0 Å². The number of aromatic nitrogens is 3. The number of hydrogen-bond donors (Lipinski definition) is 0. The van der Waals surface area contributed by atoms with Crippen LogP contribution in [0, 0.1) is 3.70 Å². The maximum atomic E-state index is 5.57. The number of halogens is 1. The first kappa shape index (κ1) is 16.4. The van der Waals surface area contributed by atoms with Gasteiger partial charge in [-0.1, -0.05) is 35.5 Å². The molecule has 0 aliphatic heterocycles. The lowest BCUT2D eigenvalue weighted by Crippen LogP contribution is -2.21. The monoisotopic (exact) mass is 401 g/mol. The van der Waals surface area contributed by atoms with Crippen molar-refractivity contribution in [3.05, 3.63) is 45.3 Å². The van der Waals surface area contributed by atoms with Crippen molar-refractivity contribution in [1.82, 2.24) is 15.0 Å². The number of nitrogens with zero attached hydrogens (tertiary/aromatic N) is 3. The second-order valence-electron chi connectivity index (χ2n) is 4.51. The molecule has 0 saturated carbocycles. The highest BCUT2D eigenvalue weighted by Crippen LogP contribution is 2.15. The minimum Gasteiger partial charge on any atom is -0.353 e. The molecule has 1 aromatic heterocycles. The summed E-state index contributed by atoms with van der Waals surface area (Å²) in [5.41, 5.74) is 2.12. The number of ether oxygens (including phenoxy) is 2. The van der Waals surface area contributed by atoms with Gasteiger partial charge in [0.1, 0.15) is 9.39 Å². The molecule has 21 heavy (non-hydrogen) atoms. The fraction of sp³-hybridized carbons (Fsp3) is 0.467. The first-order valence-electron chi connectivity index (χ1n) is 7.09. The SMILES string of the molecule is CCOC(Cc1nnn(Cc2ccccc2)c1I)OCC. The summed E-state index contributed by atoms with van der Waals surface area (Å²) in [6, 6.07) is 10.2. The van der Waals surface area contributed by atoms with Crippen LogP contribution in [0.4, 0.5) is 0 Å². The van der Waals surface area contributed by atoms with E-state index in [9.17, 15) is 0 Å². The Labute approximate surface area is 138 Å². The highest BCUT2D eigenvalue weighted by Gasteiger charge is 2.16. The topological polar surface area (TPSA) is 49.2 Å². The Balaban J connectivity index is 2.05. The van der Waals surface area contributed by atoms with E-state index in [0.29, 0.717) is 19.6 Å². The molecule has 2 aromatic rings. The van der Waals surface area contributed by atoms with Crippen molar-refractivity contribution in [3.8, 4) is 0 Å². The van der Waals surface area contributed by atoms with Gasteiger partial charge in [0, 0.05) is 19.6 Å². The summed E-state index contributed by atoms with van der Waals surface area (Å²) in [7, 11) is 0. The maximum Gasteiger partial charge on any atom is 0.163 e. The molecule has 2 rings (SSSR count). The maximum absolute atomic E-state index is 5.57. The van der Waals surface area contributed by atoms with E-state index in [2.05, 4.69) is 45.0 Å². The van der Waals surface area contributed by atoms with E-state index in [1.165, 1.54) is 5.56 Å². The van der Waals surface area contributed by atoms with Gasteiger partial charge < -0.3 is 9.47 Å². The molecule has 114 valence electrons. The Hall–Kier alpha value is -0.990. The molecule has 0 radical (unpaired) electrons. The molecule has 0 amide bonds. The van der Waals surface area contributed by atoms with Crippen LogP contribution in [0.2, 0.25) is 0 Å². The van der Waals surface area contributed by atoms with Crippen LogP contribution >= 0.6 is 22.6 Å². The molecule has 6 heteroatoms. The van der Waals surface area contributed by atoms with E-state index in [-0.39, 0.29) is 6.29 Å². The van der Waals surface area contributed by atoms with E-state index in [0.717, 1.165) is 15.9 Å².